The Bertz CT molecular complexity index is 332. The fourth-order valence-corrected chi connectivity index (χ4v) is 1.71. The smallest absolute Gasteiger partial charge is 0.123 e. The average molecular weight is 223 g/mol. The number of benzene rings is 1. The summed E-state index contributed by atoms with van der Waals surface area (Å²) in [6.07, 6.45) is 1.74. The van der Waals surface area contributed by atoms with Gasteiger partial charge in [-0.3, -0.25) is 0 Å². The van der Waals surface area contributed by atoms with E-state index in [0.717, 1.165) is 24.0 Å². The van der Waals surface area contributed by atoms with Crippen LogP contribution in [0.4, 0.5) is 4.39 Å². The van der Waals surface area contributed by atoms with Crippen molar-refractivity contribution in [3.8, 4) is 0 Å². The minimum atomic E-state index is -0.153. The van der Waals surface area contributed by atoms with Crippen molar-refractivity contribution in [1.82, 2.24) is 0 Å². The molecule has 0 heterocycles. The Morgan fingerprint density at radius 1 is 1.25 bits per heavy atom. The number of hydrogen-bond donors (Lipinski definition) is 1. The zero-order valence-corrected chi connectivity index (χ0v) is 10.7. The van der Waals surface area contributed by atoms with Crippen molar-refractivity contribution in [2.24, 2.45) is 11.1 Å². The molecule has 0 bridgehead atoms. The molecule has 90 valence electrons. The molecule has 0 saturated carbocycles. The summed E-state index contributed by atoms with van der Waals surface area (Å²) >= 11 is 0. The maximum Gasteiger partial charge on any atom is 0.123 e. The van der Waals surface area contributed by atoms with Crippen LogP contribution in [0.5, 0.6) is 0 Å². The molecule has 16 heavy (non-hydrogen) atoms. The van der Waals surface area contributed by atoms with Crippen LogP contribution in [-0.2, 0) is 6.42 Å². The number of halogens is 1. The number of nitrogens with two attached hydrogens (primary N) is 1. The summed E-state index contributed by atoms with van der Waals surface area (Å²) in [7, 11) is 0. The van der Waals surface area contributed by atoms with Crippen molar-refractivity contribution >= 4 is 0 Å². The molecular weight excluding hydrogens is 201 g/mol. The molecule has 1 rings (SSSR count). The molecule has 0 fully saturated rings. The Hall–Kier alpha value is -0.890. The molecule has 1 unspecified atom stereocenters. The minimum absolute atomic E-state index is 0.113. The van der Waals surface area contributed by atoms with Gasteiger partial charge in [-0.25, -0.2) is 4.39 Å². The van der Waals surface area contributed by atoms with Crippen LogP contribution in [0.1, 0.15) is 38.3 Å². The number of hydrogen-bond acceptors (Lipinski definition) is 1. The molecule has 0 saturated heterocycles. The Morgan fingerprint density at radius 2 is 1.88 bits per heavy atom. The first kappa shape index (κ1) is 13.2. The van der Waals surface area contributed by atoms with E-state index in [0.29, 0.717) is 0 Å². The maximum atomic E-state index is 13.2. The first-order valence-corrected chi connectivity index (χ1v) is 5.80. The second-order valence-corrected chi connectivity index (χ2v) is 5.65. The van der Waals surface area contributed by atoms with Gasteiger partial charge in [-0.2, -0.15) is 0 Å². The van der Waals surface area contributed by atoms with Crippen LogP contribution in [0.25, 0.3) is 0 Å². The summed E-state index contributed by atoms with van der Waals surface area (Å²) in [5.74, 6) is -0.153. The van der Waals surface area contributed by atoms with Gasteiger partial charge in [-0.15, -0.1) is 0 Å². The molecular formula is C14H22FN. The van der Waals surface area contributed by atoms with Gasteiger partial charge in [0.2, 0.25) is 0 Å². The Labute approximate surface area is 97.9 Å². The lowest BCUT2D eigenvalue weighted by atomic mass is 9.84. The van der Waals surface area contributed by atoms with Gasteiger partial charge in [0, 0.05) is 6.04 Å². The highest BCUT2D eigenvalue weighted by molar-refractivity contribution is 5.23. The van der Waals surface area contributed by atoms with E-state index in [9.17, 15) is 4.39 Å². The van der Waals surface area contributed by atoms with E-state index in [2.05, 4.69) is 20.8 Å². The first-order chi connectivity index (χ1) is 7.29. The van der Waals surface area contributed by atoms with Crippen molar-refractivity contribution in [2.75, 3.05) is 0 Å². The van der Waals surface area contributed by atoms with Crippen LogP contribution in [0.3, 0.4) is 0 Å². The standard InChI is InChI=1S/C14H22FN/c1-10-7-11(9-12(15)8-10)5-6-13(16)14(2,3)4/h7-9,13H,5-6,16H2,1-4H3. The number of rotatable bonds is 3. The van der Waals surface area contributed by atoms with E-state index >= 15 is 0 Å². The average Bonchev–Trinajstić information content (AvgIpc) is 2.11. The van der Waals surface area contributed by atoms with E-state index in [4.69, 9.17) is 5.73 Å². The molecule has 0 amide bonds. The van der Waals surface area contributed by atoms with Crippen LogP contribution < -0.4 is 5.73 Å². The van der Waals surface area contributed by atoms with Gasteiger partial charge in [0.25, 0.3) is 0 Å². The largest absolute Gasteiger partial charge is 0.327 e. The highest BCUT2D eigenvalue weighted by atomic mass is 19.1. The molecule has 0 aliphatic rings. The normalized spacial score (nSPS) is 13.9. The summed E-state index contributed by atoms with van der Waals surface area (Å²) in [5.41, 5.74) is 8.21. The van der Waals surface area contributed by atoms with Gasteiger partial charge in [0.1, 0.15) is 5.82 Å². The second kappa shape index (κ2) is 4.96. The van der Waals surface area contributed by atoms with E-state index in [1.54, 1.807) is 12.1 Å². The fourth-order valence-electron chi connectivity index (χ4n) is 1.71. The van der Waals surface area contributed by atoms with Gasteiger partial charge < -0.3 is 5.73 Å². The minimum Gasteiger partial charge on any atom is -0.327 e. The first-order valence-electron chi connectivity index (χ1n) is 5.80. The van der Waals surface area contributed by atoms with Crippen LogP contribution in [0, 0.1) is 18.2 Å². The highest BCUT2D eigenvalue weighted by Gasteiger charge is 2.19. The molecule has 1 aromatic carbocycles. The fraction of sp³-hybridized carbons (Fsp3) is 0.571. The van der Waals surface area contributed by atoms with Gasteiger partial charge >= 0.3 is 0 Å². The quantitative estimate of drug-likeness (QED) is 0.834. The predicted molar refractivity (Wildman–Crippen MR) is 66.9 cm³/mol. The topological polar surface area (TPSA) is 26.0 Å². The molecule has 1 nitrogen and oxygen atoms in total. The Kier molecular flexibility index (Phi) is 4.09. The van der Waals surface area contributed by atoms with Crippen LogP contribution in [0.15, 0.2) is 18.2 Å². The van der Waals surface area contributed by atoms with Crippen LogP contribution in [-0.4, -0.2) is 6.04 Å². The molecule has 0 spiro atoms. The monoisotopic (exact) mass is 223 g/mol. The van der Waals surface area contributed by atoms with Crippen LogP contribution in [0.2, 0.25) is 0 Å². The van der Waals surface area contributed by atoms with Crippen molar-refractivity contribution in [3.05, 3.63) is 35.1 Å². The molecule has 0 aliphatic heterocycles. The third-order valence-corrected chi connectivity index (χ3v) is 2.96. The lowest BCUT2D eigenvalue weighted by Gasteiger charge is -2.27. The summed E-state index contributed by atoms with van der Waals surface area (Å²) in [6.45, 7) is 8.31. The van der Waals surface area contributed by atoms with Gasteiger partial charge in [-0.05, 0) is 48.4 Å². The summed E-state index contributed by atoms with van der Waals surface area (Å²) in [6, 6.07) is 5.32. The molecule has 0 aromatic heterocycles. The maximum absolute atomic E-state index is 13.2. The summed E-state index contributed by atoms with van der Waals surface area (Å²) in [5, 5.41) is 0. The molecule has 2 heteroatoms. The molecule has 1 aromatic rings. The van der Waals surface area contributed by atoms with Crippen LogP contribution >= 0.6 is 0 Å². The summed E-state index contributed by atoms with van der Waals surface area (Å²) in [4.78, 5) is 0. The lowest BCUT2D eigenvalue weighted by molar-refractivity contribution is 0.306. The Balaban J connectivity index is 2.61. The third-order valence-electron chi connectivity index (χ3n) is 2.96. The highest BCUT2D eigenvalue weighted by Crippen LogP contribution is 2.21. The van der Waals surface area contributed by atoms with Gasteiger partial charge in [0.15, 0.2) is 0 Å². The lowest BCUT2D eigenvalue weighted by Crippen LogP contribution is -2.35. The number of aryl methyl sites for hydroxylation is 2. The molecule has 1 atom stereocenters. The van der Waals surface area contributed by atoms with Gasteiger partial charge in [0.05, 0.1) is 0 Å². The second-order valence-electron chi connectivity index (χ2n) is 5.65. The van der Waals surface area contributed by atoms with E-state index < -0.39 is 0 Å². The molecule has 2 N–H and O–H groups in total. The van der Waals surface area contributed by atoms with Crippen molar-refractivity contribution in [2.45, 2.75) is 46.6 Å². The molecule has 0 radical (unpaired) electrons. The van der Waals surface area contributed by atoms with Crippen molar-refractivity contribution in [3.63, 3.8) is 0 Å². The molecule has 0 aliphatic carbocycles. The SMILES string of the molecule is Cc1cc(F)cc(CCC(N)C(C)(C)C)c1. The predicted octanol–water partition coefficient (Wildman–Crippen LogP) is 3.44. The third kappa shape index (κ3) is 3.93. The zero-order chi connectivity index (χ0) is 12.3. The van der Waals surface area contributed by atoms with Crippen molar-refractivity contribution in [1.29, 1.82) is 0 Å². The Morgan fingerprint density at radius 3 is 2.38 bits per heavy atom. The summed E-state index contributed by atoms with van der Waals surface area (Å²) < 4.78 is 13.2. The van der Waals surface area contributed by atoms with E-state index in [1.807, 2.05) is 13.0 Å². The van der Waals surface area contributed by atoms with E-state index in [1.165, 1.54) is 0 Å². The zero-order valence-electron chi connectivity index (χ0n) is 10.7. The van der Waals surface area contributed by atoms with E-state index in [-0.39, 0.29) is 17.3 Å². The van der Waals surface area contributed by atoms with Crippen molar-refractivity contribution < 1.29 is 4.39 Å². The van der Waals surface area contributed by atoms with Gasteiger partial charge in [-0.1, -0.05) is 26.8 Å².